The molecule has 0 fully saturated rings. The summed E-state index contributed by atoms with van der Waals surface area (Å²) in [6, 6.07) is 11.8. The molecule has 0 heterocycles. The van der Waals surface area contributed by atoms with E-state index in [9.17, 15) is 26.4 Å². The first-order chi connectivity index (χ1) is 12.8. The van der Waals surface area contributed by atoms with Crippen LogP contribution in [0, 0.1) is 0 Å². The summed E-state index contributed by atoms with van der Waals surface area (Å²) in [5, 5.41) is 2.46. The van der Waals surface area contributed by atoms with Crippen LogP contribution in [0.2, 0.25) is 0 Å². The lowest BCUT2D eigenvalue weighted by atomic mass is 9.97. The third-order valence-corrected chi connectivity index (χ3v) is 4.53. The summed E-state index contributed by atoms with van der Waals surface area (Å²) in [5.74, 6) is -1.13. The summed E-state index contributed by atoms with van der Waals surface area (Å²) in [4.78, 5) is 11.6. The Balaban J connectivity index is 2.36. The molecule has 10 heteroatoms. The maximum absolute atomic E-state index is 13.5. The van der Waals surface area contributed by atoms with Crippen LogP contribution in [0.15, 0.2) is 48.5 Å². The molecular weight excluding hydrogens is 397 g/mol. The molecule has 0 aliphatic heterocycles. The van der Waals surface area contributed by atoms with Crippen LogP contribution >= 0.6 is 0 Å². The number of hydrogen-bond acceptors (Lipinski definition) is 5. The van der Waals surface area contributed by atoms with E-state index in [2.05, 4.69) is 9.50 Å². The van der Waals surface area contributed by atoms with Gasteiger partial charge in [0.2, 0.25) is 5.72 Å². The predicted molar refractivity (Wildman–Crippen MR) is 97.2 cm³/mol. The lowest BCUT2D eigenvalue weighted by Crippen LogP contribution is -2.55. The fourth-order valence-corrected chi connectivity index (χ4v) is 3.28. The molecule has 0 aromatic heterocycles. The molecule has 6 nitrogen and oxygen atoms in total. The highest BCUT2D eigenvalue weighted by Gasteiger charge is 2.37. The fraction of sp³-hybridized carbons (Fsp3) is 0.278. The van der Waals surface area contributed by atoms with Gasteiger partial charge in [0.1, 0.15) is 0 Å². The highest BCUT2D eigenvalue weighted by Crippen LogP contribution is 2.37. The minimum absolute atomic E-state index is 0.00176. The molecule has 0 aliphatic carbocycles. The van der Waals surface area contributed by atoms with Gasteiger partial charge < -0.3 is 5.73 Å². The van der Waals surface area contributed by atoms with Crippen LogP contribution in [-0.4, -0.2) is 26.3 Å². The fourth-order valence-electron chi connectivity index (χ4n) is 2.54. The Morgan fingerprint density at radius 2 is 1.75 bits per heavy atom. The van der Waals surface area contributed by atoms with Crippen molar-refractivity contribution in [2.45, 2.75) is 25.4 Å². The minimum atomic E-state index is -4.61. The standard InChI is InChI=1S/C18H19F3N2O4S/c1-17(16(22)24,27-28(2,25)26)23-11-12-8-9-14(13-6-4-3-5-7-13)15(10-12)18(19,20)21/h3-10,23H,11H2,1-2H3,(H2,22,24)/t17-/m0/s1. The average Bonchev–Trinajstić information content (AvgIpc) is 2.58. The van der Waals surface area contributed by atoms with E-state index in [1.807, 2.05) is 0 Å². The first-order valence-corrected chi connectivity index (χ1v) is 9.84. The largest absolute Gasteiger partial charge is 0.417 e. The van der Waals surface area contributed by atoms with Crippen molar-refractivity contribution in [3.05, 3.63) is 59.7 Å². The Hall–Kier alpha value is -2.43. The number of benzene rings is 2. The van der Waals surface area contributed by atoms with E-state index in [0.29, 0.717) is 5.56 Å². The number of carbonyl (C=O) groups is 1. The van der Waals surface area contributed by atoms with Crippen molar-refractivity contribution in [3.63, 3.8) is 0 Å². The van der Waals surface area contributed by atoms with Crippen LogP contribution in [0.5, 0.6) is 0 Å². The van der Waals surface area contributed by atoms with E-state index in [1.54, 1.807) is 30.3 Å². The Morgan fingerprint density at radius 1 is 1.14 bits per heavy atom. The Bertz CT molecular complexity index is 963. The summed E-state index contributed by atoms with van der Waals surface area (Å²) < 4.78 is 67.9. The third-order valence-electron chi connectivity index (χ3n) is 3.89. The first-order valence-electron chi connectivity index (χ1n) is 8.03. The number of alkyl halides is 3. The number of nitrogens with one attached hydrogen (secondary N) is 1. The average molecular weight is 416 g/mol. The molecule has 0 aliphatic rings. The molecule has 1 atom stereocenters. The van der Waals surface area contributed by atoms with Gasteiger partial charge >= 0.3 is 6.18 Å². The van der Waals surface area contributed by atoms with Crippen LogP contribution in [-0.2, 0) is 31.8 Å². The van der Waals surface area contributed by atoms with Gasteiger partial charge in [0.15, 0.2) is 0 Å². The van der Waals surface area contributed by atoms with Gasteiger partial charge in [-0.05, 0) is 29.7 Å². The number of nitrogens with two attached hydrogens (primary N) is 1. The number of hydrogen-bond donors (Lipinski definition) is 2. The molecule has 2 aromatic rings. The zero-order valence-electron chi connectivity index (χ0n) is 15.1. The maximum atomic E-state index is 13.5. The molecule has 2 aromatic carbocycles. The molecule has 28 heavy (non-hydrogen) atoms. The minimum Gasteiger partial charge on any atom is -0.366 e. The smallest absolute Gasteiger partial charge is 0.366 e. The molecule has 0 bridgehead atoms. The second kappa shape index (κ2) is 7.90. The molecule has 1 amide bonds. The van der Waals surface area contributed by atoms with Gasteiger partial charge in [0.05, 0.1) is 11.8 Å². The monoisotopic (exact) mass is 416 g/mol. The van der Waals surface area contributed by atoms with Crippen LogP contribution in [0.4, 0.5) is 13.2 Å². The quantitative estimate of drug-likeness (QED) is 0.534. The number of halogens is 3. The zero-order chi connectivity index (χ0) is 21.2. The molecular formula is C18H19F3N2O4S. The summed E-state index contributed by atoms with van der Waals surface area (Å²) >= 11 is 0. The molecule has 0 spiro atoms. The van der Waals surface area contributed by atoms with Gasteiger partial charge in [0.25, 0.3) is 16.0 Å². The number of amides is 1. The van der Waals surface area contributed by atoms with E-state index in [-0.39, 0.29) is 17.7 Å². The lowest BCUT2D eigenvalue weighted by Gasteiger charge is -2.26. The normalized spacial score (nSPS) is 14.5. The number of primary amides is 1. The van der Waals surface area contributed by atoms with Gasteiger partial charge in [-0.2, -0.15) is 21.6 Å². The highest BCUT2D eigenvalue weighted by atomic mass is 32.2. The van der Waals surface area contributed by atoms with Crippen molar-refractivity contribution < 1.29 is 30.6 Å². The van der Waals surface area contributed by atoms with Gasteiger partial charge in [-0.3, -0.25) is 10.1 Å². The molecule has 0 unspecified atom stereocenters. The molecule has 152 valence electrons. The highest BCUT2D eigenvalue weighted by molar-refractivity contribution is 7.86. The van der Waals surface area contributed by atoms with Crippen LogP contribution in [0.25, 0.3) is 11.1 Å². The van der Waals surface area contributed by atoms with E-state index >= 15 is 0 Å². The summed E-state index contributed by atoms with van der Waals surface area (Å²) in [5.41, 5.74) is 2.77. The maximum Gasteiger partial charge on any atom is 0.417 e. The second-order valence-corrected chi connectivity index (χ2v) is 7.86. The molecule has 3 N–H and O–H groups in total. The third kappa shape index (κ3) is 5.54. The summed E-state index contributed by atoms with van der Waals surface area (Å²) in [7, 11) is -4.05. The van der Waals surface area contributed by atoms with Crippen LogP contribution in [0.1, 0.15) is 18.1 Å². The van der Waals surface area contributed by atoms with E-state index in [4.69, 9.17) is 5.73 Å². The predicted octanol–water partition coefficient (Wildman–Crippen LogP) is 2.64. The SMILES string of the molecule is C[C@](NCc1ccc(-c2ccccc2)c(C(F)(F)F)c1)(OS(C)(=O)=O)C(N)=O. The van der Waals surface area contributed by atoms with Crippen LogP contribution in [0.3, 0.4) is 0 Å². The van der Waals surface area contributed by atoms with Crippen molar-refractivity contribution in [1.82, 2.24) is 5.32 Å². The van der Waals surface area contributed by atoms with Gasteiger partial charge in [-0.15, -0.1) is 0 Å². The molecule has 0 radical (unpaired) electrons. The Labute approximate surface area is 160 Å². The van der Waals surface area contributed by atoms with Crippen molar-refractivity contribution in [2.75, 3.05) is 6.26 Å². The number of rotatable bonds is 7. The van der Waals surface area contributed by atoms with Crippen molar-refractivity contribution in [1.29, 1.82) is 0 Å². The van der Waals surface area contributed by atoms with Gasteiger partial charge in [-0.1, -0.05) is 42.5 Å². The van der Waals surface area contributed by atoms with Crippen LogP contribution < -0.4 is 11.1 Å². The van der Waals surface area contributed by atoms with Gasteiger partial charge in [0, 0.05) is 6.54 Å². The van der Waals surface area contributed by atoms with Crippen molar-refractivity contribution >= 4 is 16.0 Å². The van der Waals surface area contributed by atoms with E-state index in [0.717, 1.165) is 19.2 Å². The Morgan fingerprint density at radius 3 is 2.25 bits per heavy atom. The molecule has 2 rings (SSSR count). The molecule has 0 saturated carbocycles. The second-order valence-electron chi connectivity index (χ2n) is 6.28. The van der Waals surface area contributed by atoms with Crippen molar-refractivity contribution in [2.24, 2.45) is 5.73 Å². The van der Waals surface area contributed by atoms with E-state index < -0.39 is 33.5 Å². The van der Waals surface area contributed by atoms with E-state index in [1.165, 1.54) is 12.1 Å². The van der Waals surface area contributed by atoms with Gasteiger partial charge in [-0.25, -0.2) is 4.18 Å². The lowest BCUT2D eigenvalue weighted by molar-refractivity contribution is -0.137. The van der Waals surface area contributed by atoms with Crippen molar-refractivity contribution in [3.8, 4) is 11.1 Å². The Kier molecular flexibility index (Phi) is 6.17. The zero-order valence-corrected chi connectivity index (χ0v) is 15.9. The topological polar surface area (TPSA) is 98.5 Å². The summed E-state index contributed by atoms with van der Waals surface area (Å²) in [6.45, 7) is 0.798. The summed E-state index contributed by atoms with van der Waals surface area (Å²) in [6.07, 6.45) is -3.89. The first kappa shape index (κ1) is 21.9. The molecule has 0 saturated heterocycles. The number of carbonyl (C=O) groups excluding carboxylic acids is 1.